The summed E-state index contributed by atoms with van der Waals surface area (Å²) in [7, 11) is 0. The van der Waals surface area contributed by atoms with E-state index in [1.165, 1.54) is 5.56 Å². The molecule has 0 heterocycles. The lowest BCUT2D eigenvalue weighted by molar-refractivity contribution is 0.294. The van der Waals surface area contributed by atoms with Gasteiger partial charge >= 0.3 is 0 Å². The summed E-state index contributed by atoms with van der Waals surface area (Å²) in [4.78, 5) is 0. The molecule has 0 fully saturated rings. The molecule has 0 saturated heterocycles. The first-order chi connectivity index (χ1) is 9.79. The van der Waals surface area contributed by atoms with Crippen LogP contribution in [-0.2, 0) is 12.8 Å². The second-order valence-electron chi connectivity index (χ2n) is 4.73. The number of aryl methyl sites for hydroxylation is 1. The fourth-order valence-corrected chi connectivity index (χ4v) is 2.07. The summed E-state index contributed by atoms with van der Waals surface area (Å²) in [6.45, 7) is 4.31. The molecule has 2 aromatic rings. The fraction of sp³-hybridized carbons (Fsp3) is 0.222. The van der Waals surface area contributed by atoms with Gasteiger partial charge in [0, 0.05) is 0 Å². The highest BCUT2D eigenvalue weighted by Crippen LogP contribution is 2.27. The van der Waals surface area contributed by atoms with Crippen molar-refractivity contribution in [1.29, 1.82) is 0 Å². The van der Waals surface area contributed by atoms with Crippen molar-refractivity contribution in [2.75, 3.05) is 6.61 Å². The first-order valence-electron chi connectivity index (χ1n) is 6.89. The van der Waals surface area contributed by atoms with Crippen LogP contribution >= 0.6 is 0 Å². The van der Waals surface area contributed by atoms with Crippen molar-refractivity contribution in [3.05, 3.63) is 72.3 Å². The third kappa shape index (κ3) is 4.16. The highest BCUT2D eigenvalue weighted by Gasteiger charge is 2.03. The first kappa shape index (κ1) is 14.2. The molecule has 1 N–H and O–H groups in total. The Labute approximate surface area is 120 Å². The third-order valence-electron chi connectivity index (χ3n) is 3.11. The van der Waals surface area contributed by atoms with Crippen molar-refractivity contribution >= 4 is 0 Å². The van der Waals surface area contributed by atoms with E-state index in [1.54, 1.807) is 6.07 Å². The van der Waals surface area contributed by atoms with Crippen LogP contribution in [0.25, 0.3) is 0 Å². The van der Waals surface area contributed by atoms with Gasteiger partial charge in [0.2, 0.25) is 0 Å². The van der Waals surface area contributed by atoms with Gasteiger partial charge in [0.25, 0.3) is 0 Å². The van der Waals surface area contributed by atoms with E-state index >= 15 is 0 Å². The van der Waals surface area contributed by atoms with Gasteiger partial charge in [-0.05, 0) is 42.5 Å². The molecule has 0 aliphatic rings. The van der Waals surface area contributed by atoms with E-state index in [4.69, 9.17) is 4.74 Å². The predicted octanol–water partition coefficient (Wildman–Crippen LogP) is 4.13. The molecule has 2 nitrogen and oxygen atoms in total. The second kappa shape index (κ2) is 7.39. The number of hydrogen-bond donors (Lipinski definition) is 1. The highest BCUT2D eigenvalue weighted by atomic mass is 16.5. The number of ether oxygens (including phenoxy) is 1. The summed E-state index contributed by atoms with van der Waals surface area (Å²) in [5.41, 5.74) is 2.40. The Bertz CT molecular complexity index is 547. The van der Waals surface area contributed by atoms with Gasteiger partial charge in [-0.15, -0.1) is 6.58 Å². The summed E-state index contributed by atoms with van der Waals surface area (Å²) in [5.74, 6) is 0.745. The Morgan fingerprint density at radius 1 is 1.05 bits per heavy atom. The predicted molar refractivity (Wildman–Crippen MR) is 82.3 cm³/mol. The Morgan fingerprint density at radius 3 is 2.60 bits per heavy atom. The lowest BCUT2D eigenvalue weighted by Gasteiger charge is -2.09. The maximum Gasteiger partial charge on any atom is 0.161 e. The Kier molecular flexibility index (Phi) is 5.24. The molecule has 0 unspecified atom stereocenters. The largest absolute Gasteiger partial charge is 0.504 e. The maximum absolute atomic E-state index is 9.77. The molecule has 0 atom stereocenters. The molecule has 2 aromatic carbocycles. The molecule has 0 aliphatic heterocycles. The monoisotopic (exact) mass is 268 g/mol. The number of allylic oxidation sites excluding steroid dienone is 1. The van der Waals surface area contributed by atoms with Crippen molar-refractivity contribution in [2.45, 2.75) is 19.3 Å². The number of rotatable bonds is 7. The standard InChI is InChI=1S/C18H20O2/c1-2-7-16-11-12-17(19)18(14-16)20-13-6-10-15-8-4-3-5-9-15/h2-5,8-9,11-12,14,19H,1,6-7,10,13H2. The second-order valence-corrected chi connectivity index (χ2v) is 4.73. The minimum Gasteiger partial charge on any atom is -0.504 e. The van der Waals surface area contributed by atoms with Gasteiger partial charge in [0.1, 0.15) is 0 Å². The summed E-state index contributed by atoms with van der Waals surface area (Å²) < 4.78 is 5.66. The molecule has 0 radical (unpaired) electrons. The number of phenols is 1. The molecule has 20 heavy (non-hydrogen) atoms. The third-order valence-corrected chi connectivity index (χ3v) is 3.11. The molecule has 0 aromatic heterocycles. The molecule has 0 saturated carbocycles. The topological polar surface area (TPSA) is 29.5 Å². The first-order valence-corrected chi connectivity index (χ1v) is 6.89. The molecule has 2 heteroatoms. The minimum absolute atomic E-state index is 0.192. The van der Waals surface area contributed by atoms with E-state index in [0.717, 1.165) is 24.8 Å². The van der Waals surface area contributed by atoms with Crippen molar-refractivity contribution in [2.24, 2.45) is 0 Å². The molecule has 2 rings (SSSR count). The molecule has 0 aliphatic carbocycles. The molecule has 104 valence electrons. The molecule has 0 bridgehead atoms. The van der Waals surface area contributed by atoms with Crippen LogP contribution in [0.4, 0.5) is 0 Å². The Balaban J connectivity index is 1.84. The quantitative estimate of drug-likeness (QED) is 0.604. The van der Waals surface area contributed by atoms with E-state index in [9.17, 15) is 5.11 Å². The fourth-order valence-electron chi connectivity index (χ4n) is 2.07. The zero-order valence-corrected chi connectivity index (χ0v) is 11.6. The zero-order chi connectivity index (χ0) is 14.2. The van der Waals surface area contributed by atoms with Crippen molar-refractivity contribution in [1.82, 2.24) is 0 Å². The molecular weight excluding hydrogens is 248 g/mol. The molecule has 0 amide bonds. The number of hydrogen-bond acceptors (Lipinski definition) is 2. The average Bonchev–Trinajstić information content (AvgIpc) is 2.48. The SMILES string of the molecule is C=CCc1ccc(O)c(OCCCc2ccccc2)c1. The van der Waals surface area contributed by atoms with Crippen LogP contribution in [-0.4, -0.2) is 11.7 Å². The van der Waals surface area contributed by atoms with Gasteiger partial charge < -0.3 is 9.84 Å². The van der Waals surface area contributed by atoms with E-state index in [2.05, 4.69) is 18.7 Å². The van der Waals surface area contributed by atoms with Crippen LogP contribution in [0.1, 0.15) is 17.5 Å². The Morgan fingerprint density at radius 2 is 1.85 bits per heavy atom. The van der Waals surface area contributed by atoms with Crippen LogP contribution < -0.4 is 4.74 Å². The van der Waals surface area contributed by atoms with Crippen molar-refractivity contribution in [3.8, 4) is 11.5 Å². The molecular formula is C18H20O2. The van der Waals surface area contributed by atoms with E-state index in [0.29, 0.717) is 12.4 Å². The van der Waals surface area contributed by atoms with Gasteiger partial charge in [-0.3, -0.25) is 0 Å². The summed E-state index contributed by atoms with van der Waals surface area (Å²) >= 11 is 0. The van der Waals surface area contributed by atoms with Crippen molar-refractivity contribution in [3.63, 3.8) is 0 Å². The average molecular weight is 268 g/mol. The normalized spacial score (nSPS) is 10.2. The van der Waals surface area contributed by atoms with Gasteiger partial charge in [0.15, 0.2) is 11.5 Å². The van der Waals surface area contributed by atoms with Crippen LogP contribution in [0.15, 0.2) is 61.2 Å². The van der Waals surface area contributed by atoms with Crippen LogP contribution in [0.3, 0.4) is 0 Å². The van der Waals surface area contributed by atoms with Crippen LogP contribution in [0.2, 0.25) is 0 Å². The van der Waals surface area contributed by atoms with E-state index < -0.39 is 0 Å². The number of phenolic OH excluding ortho intramolecular Hbond substituents is 1. The number of benzene rings is 2. The van der Waals surface area contributed by atoms with E-state index in [1.807, 2.05) is 36.4 Å². The van der Waals surface area contributed by atoms with Crippen molar-refractivity contribution < 1.29 is 9.84 Å². The highest BCUT2D eigenvalue weighted by molar-refractivity contribution is 5.42. The van der Waals surface area contributed by atoms with Crippen LogP contribution in [0.5, 0.6) is 11.5 Å². The van der Waals surface area contributed by atoms with Crippen LogP contribution in [0, 0.1) is 0 Å². The van der Waals surface area contributed by atoms with Gasteiger partial charge in [0.05, 0.1) is 6.61 Å². The molecule has 0 spiro atoms. The lowest BCUT2D eigenvalue weighted by Crippen LogP contribution is -2.00. The minimum atomic E-state index is 0.192. The van der Waals surface area contributed by atoms with Gasteiger partial charge in [-0.25, -0.2) is 0 Å². The Hall–Kier alpha value is -2.22. The summed E-state index contributed by atoms with van der Waals surface area (Å²) in [5, 5.41) is 9.77. The van der Waals surface area contributed by atoms with E-state index in [-0.39, 0.29) is 5.75 Å². The smallest absolute Gasteiger partial charge is 0.161 e. The van der Waals surface area contributed by atoms with Gasteiger partial charge in [-0.2, -0.15) is 0 Å². The summed E-state index contributed by atoms with van der Waals surface area (Å²) in [6.07, 6.45) is 4.52. The summed E-state index contributed by atoms with van der Waals surface area (Å²) in [6, 6.07) is 15.8. The maximum atomic E-state index is 9.77. The lowest BCUT2D eigenvalue weighted by atomic mass is 10.1. The zero-order valence-electron chi connectivity index (χ0n) is 11.6. The number of aromatic hydroxyl groups is 1. The van der Waals surface area contributed by atoms with Gasteiger partial charge in [-0.1, -0.05) is 42.5 Å².